The summed E-state index contributed by atoms with van der Waals surface area (Å²) >= 11 is 0. The first-order valence-corrected chi connectivity index (χ1v) is 17.3. The topological polar surface area (TPSA) is 109 Å². The molecule has 16 heteroatoms. The molecule has 2 saturated heterocycles. The second kappa shape index (κ2) is 17.4. The minimum atomic E-state index is -4.56. The zero-order valence-corrected chi connectivity index (χ0v) is 31.1. The molecule has 0 aromatic carbocycles. The van der Waals surface area contributed by atoms with Crippen LogP contribution in [0.4, 0.5) is 26.3 Å². The number of carbonyl (C=O) groups is 2. The van der Waals surface area contributed by atoms with E-state index in [1.807, 2.05) is 14.1 Å². The van der Waals surface area contributed by atoms with Crippen molar-refractivity contribution in [1.29, 1.82) is 0 Å². The number of carbonyl (C=O) groups excluding carboxylic acids is 2. The molecule has 2 amide bonds. The van der Waals surface area contributed by atoms with Gasteiger partial charge in [0.2, 0.25) is 23.6 Å². The van der Waals surface area contributed by atoms with Gasteiger partial charge in [-0.1, -0.05) is 0 Å². The van der Waals surface area contributed by atoms with Crippen molar-refractivity contribution in [3.8, 4) is 11.8 Å². The van der Waals surface area contributed by atoms with Crippen LogP contribution in [0.15, 0.2) is 36.7 Å². The average Bonchev–Trinajstić information content (AvgIpc) is 3.06. The summed E-state index contributed by atoms with van der Waals surface area (Å²) in [4.78, 5) is 36.9. The van der Waals surface area contributed by atoms with Gasteiger partial charge in [0.15, 0.2) is 0 Å². The molecule has 292 valence electrons. The van der Waals surface area contributed by atoms with E-state index in [9.17, 15) is 35.9 Å². The van der Waals surface area contributed by atoms with Gasteiger partial charge in [0.25, 0.3) is 0 Å². The Bertz CT molecular complexity index is 1380. The smallest absolute Gasteiger partial charge is 0.421 e. The van der Waals surface area contributed by atoms with E-state index in [0.717, 1.165) is 50.9 Å². The molecule has 2 aromatic rings. The van der Waals surface area contributed by atoms with Gasteiger partial charge in [-0.25, -0.2) is 9.97 Å². The van der Waals surface area contributed by atoms with Crippen LogP contribution in [-0.2, 0) is 21.9 Å². The van der Waals surface area contributed by atoms with Gasteiger partial charge in [0, 0.05) is 49.7 Å². The van der Waals surface area contributed by atoms with Crippen molar-refractivity contribution in [3.63, 3.8) is 0 Å². The fourth-order valence-corrected chi connectivity index (χ4v) is 5.67. The van der Waals surface area contributed by atoms with E-state index in [2.05, 4.69) is 44.2 Å². The first-order valence-electron chi connectivity index (χ1n) is 17.3. The number of hydrogen-bond acceptors (Lipinski definition) is 8. The zero-order chi connectivity index (χ0) is 39.1. The average molecular weight is 747 g/mol. The lowest BCUT2D eigenvalue weighted by Gasteiger charge is -2.36. The quantitative estimate of drug-likeness (QED) is 0.277. The number of pyridine rings is 2. The molecule has 2 aliphatic heterocycles. The Labute approximate surface area is 302 Å². The van der Waals surface area contributed by atoms with Crippen LogP contribution >= 0.6 is 0 Å². The first-order chi connectivity index (χ1) is 24.0. The van der Waals surface area contributed by atoms with Crippen LogP contribution in [0.1, 0.15) is 78.4 Å². The van der Waals surface area contributed by atoms with E-state index in [-0.39, 0.29) is 37.1 Å². The summed E-state index contributed by atoms with van der Waals surface area (Å²) in [6.45, 7) is 12.2. The molecule has 2 aliphatic rings. The summed E-state index contributed by atoms with van der Waals surface area (Å²) in [6, 6.07) is 5.10. The lowest BCUT2D eigenvalue weighted by molar-refractivity contribution is -0.141. The molecule has 0 unspecified atom stereocenters. The lowest BCUT2D eigenvalue weighted by atomic mass is 9.91. The Morgan fingerprint density at radius 1 is 0.712 bits per heavy atom. The maximum atomic E-state index is 13.0. The van der Waals surface area contributed by atoms with Crippen molar-refractivity contribution in [2.75, 3.05) is 40.4 Å². The number of piperidine rings is 2. The number of likely N-dealkylation sites (tertiary alicyclic amines) is 2. The fourth-order valence-electron chi connectivity index (χ4n) is 5.67. The molecular formula is C36H52F6N6O4. The van der Waals surface area contributed by atoms with E-state index in [4.69, 9.17) is 9.47 Å². The monoisotopic (exact) mass is 746 g/mol. The molecule has 2 aromatic heterocycles. The number of aromatic nitrogens is 2. The molecule has 52 heavy (non-hydrogen) atoms. The van der Waals surface area contributed by atoms with Crippen molar-refractivity contribution >= 4 is 11.8 Å². The molecule has 0 spiro atoms. The maximum absolute atomic E-state index is 13.0. The van der Waals surface area contributed by atoms with Gasteiger partial charge in [-0.2, -0.15) is 26.3 Å². The molecule has 10 nitrogen and oxygen atoms in total. The maximum Gasteiger partial charge on any atom is 0.421 e. The minimum Gasteiger partial charge on any atom is -0.476 e. The third kappa shape index (κ3) is 12.2. The zero-order valence-electron chi connectivity index (χ0n) is 31.1. The third-order valence-corrected chi connectivity index (χ3v) is 9.61. The summed E-state index contributed by atoms with van der Waals surface area (Å²) in [5, 5.41) is 6.01. The van der Waals surface area contributed by atoms with Crippen LogP contribution < -0.4 is 20.1 Å². The van der Waals surface area contributed by atoms with Crippen LogP contribution in [0.2, 0.25) is 0 Å². The van der Waals surface area contributed by atoms with Crippen LogP contribution in [0.3, 0.4) is 0 Å². The largest absolute Gasteiger partial charge is 0.476 e. The second-order valence-electron chi connectivity index (χ2n) is 15.1. The molecule has 0 saturated carbocycles. The molecular weight excluding hydrogens is 694 g/mol. The van der Waals surface area contributed by atoms with Gasteiger partial charge >= 0.3 is 12.4 Å². The second-order valence-corrected chi connectivity index (χ2v) is 15.1. The summed E-state index contributed by atoms with van der Waals surface area (Å²) in [7, 11) is 4.09. The molecule has 0 radical (unpaired) electrons. The highest BCUT2D eigenvalue weighted by atomic mass is 19.4. The van der Waals surface area contributed by atoms with Crippen LogP contribution in [-0.4, -0.2) is 96.1 Å². The van der Waals surface area contributed by atoms with Crippen LogP contribution in [0.5, 0.6) is 11.8 Å². The molecule has 2 N–H and O–H groups in total. The van der Waals surface area contributed by atoms with E-state index < -0.39 is 46.1 Å². The number of ether oxygens (including phenoxy) is 2. The molecule has 4 atom stereocenters. The molecule has 4 rings (SSSR count). The molecule has 4 heterocycles. The summed E-state index contributed by atoms with van der Waals surface area (Å²) < 4.78 is 88.6. The standard InChI is InChI=1S/2C18H26F3N3O2/c2*1-12-10-13(7-9-24(12)4)23-16(25)17(2,3)11-26-15-14(18(19,20)21)6-5-8-22-15/h2*5-6,8,12-13H,7,9-11H2,1-4H3,(H,23,25)/t2*12-,13-/m10/s1. The number of hydrogen-bond donors (Lipinski definition) is 2. The summed E-state index contributed by atoms with van der Waals surface area (Å²) in [5.74, 6) is -1.48. The van der Waals surface area contributed by atoms with E-state index in [1.165, 1.54) is 24.5 Å². The van der Waals surface area contributed by atoms with Crippen molar-refractivity contribution in [1.82, 2.24) is 30.4 Å². The molecule has 2 fully saturated rings. The number of alkyl halides is 6. The fraction of sp³-hybridized carbons (Fsp3) is 0.667. The van der Waals surface area contributed by atoms with Gasteiger partial charge in [0.05, 0.1) is 10.8 Å². The third-order valence-electron chi connectivity index (χ3n) is 9.61. The van der Waals surface area contributed by atoms with E-state index in [1.54, 1.807) is 27.7 Å². The Balaban J connectivity index is 0.000000280. The van der Waals surface area contributed by atoms with Gasteiger partial charge in [-0.05, 0) is 106 Å². The van der Waals surface area contributed by atoms with Crippen LogP contribution in [0.25, 0.3) is 0 Å². The Morgan fingerprint density at radius 2 is 1.06 bits per heavy atom. The minimum absolute atomic E-state index is 0.0635. The number of halogens is 6. The van der Waals surface area contributed by atoms with E-state index >= 15 is 0 Å². The molecule has 0 aliphatic carbocycles. The predicted molar refractivity (Wildman–Crippen MR) is 184 cm³/mol. The highest BCUT2D eigenvalue weighted by Gasteiger charge is 2.39. The Kier molecular flexibility index (Phi) is 14.3. The van der Waals surface area contributed by atoms with Crippen molar-refractivity contribution in [3.05, 3.63) is 47.8 Å². The SMILES string of the molecule is C[C@@H]1C[C@H](NC(=O)C(C)(C)COc2ncccc2C(F)(F)F)CCN1C.C[C@H]1C[C@@H](NC(=O)C(C)(C)COc2ncccc2C(F)(F)F)CCN1C. The van der Waals surface area contributed by atoms with Crippen molar-refractivity contribution in [2.45, 2.75) is 104 Å². The van der Waals surface area contributed by atoms with Crippen LogP contribution in [0, 0.1) is 10.8 Å². The van der Waals surface area contributed by atoms with E-state index in [0.29, 0.717) is 12.1 Å². The van der Waals surface area contributed by atoms with Gasteiger partial charge < -0.3 is 29.9 Å². The summed E-state index contributed by atoms with van der Waals surface area (Å²) in [5.41, 5.74) is -3.85. The first kappa shape index (κ1) is 42.8. The lowest BCUT2D eigenvalue weighted by Crippen LogP contribution is -2.51. The highest BCUT2D eigenvalue weighted by molar-refractivity contribution is 5.82. The number of amides is 2. The van der Waals surface area contributed by atoms with Gasteiger partial charge in [-0.15, -0.1) is 0 Å². The highest BCUT2D eigenvalue weighted by Crippen LogP contribution is 2.36. The molecule has 0 bridgehead atoms. The number of nitrogens with zero attached hydrogens (tertiary/aromatic N) is 4. The summed E-state index contributed by atoms with van der Waals surface area (Å²) in [6.07, 6.45) is -3.26. The normalized spacial score (nSPS) is 22.1. The van der Waals surface area contributed by atoms with Gasteiger partial charge in [-0.3, -0.25) is 9.59 Å². The van der Waals surface area contributed by atoms with Crippen molar-refractivity contribution < 1.29 is 45.4 Å². The number of rotatable bonds is 10. The number of nitrogens with one attached hydrogen (secondary N) is 2. The van der Waals surface area contributed by atoms with Gasteiger partial charge in [0.1, 0.15) is 24.3 Å². The Morgan fingerprint density at radius 3 is 1.37 bits per heavy atom. The Hall–Kier alpha value is -3.66. The predicted octanol–water partition coefficient (Wildman–Crippen LogP) is 6.21. The van der Waals surface area contributed by atoms with Crippen molar-refractivity contribution in [2.24, 2.45) is 10.8 Å².